The van der Waals surface area contributed by atoms with Crippen LogP contribution in [0.5, 0.6) is 0 Å². The van der Waals surface area contributed by atoms with Crippen molar-refractivity contribution in [3.8, 4) is 0 Å². The van der Waals surface area contributed by atoms with Gasteiger partial charge >= 0.3 is 0 Å². The zero-order valence-electron chi connectivity index (χ0n) is 8.04. The number of hydrogen-bond donors (Lipinski definition) is 1. The average Bonchev–Trinajstić information content (AvgIpc) is 2.42. The van der Waals surface area contributed by atoms with E-state index >= 15 is 0 Å². The Morgan fingerprint density at radius 1 is 1.43 bits per heavy atom. The summed E-state index contributed by atoms with van der Waals surface area (Å²) in [6, 6.07) is 6.54. The van der Waals surface area contributed by atoms with E-state index in [0.29, 0.717) is 10.5 Å². The Morgan fingerprint density at radius 2 is 2.21 bits per heavy atom. The monoisotopic (exact) mass is 226 g/mol. The number of fused-ring (bicyclic) bond motifs is 1. The molecular weight excluding hydrogens is 216 g/mol. The molecule has 2 rings (SSSR count). The lowest BCUT2D eigenvalue weighted by Crippen LogP contribution is -2.09. The molecule has 1 aromatic heterocycles. The Balaban J connectivity index is 2.40. The molecule has 74 valence electrons. The number of nitrogens with zero attached hydrogens (tertiary/aromatic N) is 1. The van der Waals surface area contributed by atoms with Crippen LogP contribution in [0.1, 0.15) is 13.8 Å². The van der Waals surface area contributed by atoms with Gasteiger partial charge in [-0.1, -0.05) is 11.6 Å². The van der Waals surface area contributed by atoms with Gasteiger partial charge in [0, 0.05) is 11.7 Å². The summed E-state index contributed by atoms with van der Waals surface area (Å²) in [5, 5.41) is 3.34. The van der Waals surface area contributed by atoms with Gasteiger partial charge in [0.2, 0.25) is 0 Å². The van der Waals surface area contributed by atoms with E-state index in [1.54, 1.807) is 0 Å². The lowest BCUT2D eigenvalue weighted by Gasteiger charge is -2.08. The van der Waals surface area contributed by atoms with Crippen molar-refractivity contribution in [2.45, 2.75) is 19.9 Å². The van der Waals surface area contributed by atoms with Gasteiger partial charge in [0.15, 0.2) is 4.47 Å². The summed E-state index contributed by atoms with van der Waals surface area (Å²) in [4.78, 5) is 4.19. The molecule has 0 unspecified atom stereocenters. The molecule has 0 fully saturated rings. The lowest BCUT2D eigenvalue weighted by molar-refractivity contribution is 0.900. The third-order valence-corrected chi connectivity index (χ3v) is 2.94. The number of hydrogen-bond acceptors (Lipinski definition) is 3. The minimum absolute atomic E-state index is 0.441. The Labute approximate surface area is 91.9 Å². The first-order valence-electron chi connectivity index (χ1n) is 4.48. The fourth-order valence-corrected chi connectivity index (χ4v) is 2.39. The number of rotatable bonds is 2. The average molecular weight is 227 g/mol. The molecule has 0 radical (unpaired) electrons. The molecule has 1 aromatic carbocycles. The van der Waals surface area contributed by atoms with Crippen LogP contribution in [0.25, 0.3) is 10.2 Å². The molecule has 0 aliphatic heterocycles. The first-order chi connectivity index (χ1) is 6.65. The lowest BCUT2D eigenvalue weighted by atomic mass is 10.2. The highest BCUT2D eigenvalue weighted by molar-refractivity contribution is 7.22. The second-order valence-electron chi connectivity index (χ2n) is 3.45. The summed E-state index contributed by atoms with van der Waals surface area (Å²) in [5.41, 5.74) is 2.09. The molecule has 0 saturated carbocycles. The van der Waals surface area contributed by atoms with Crippen molar-refractivity contribution in [3.63, 3.8) is 0 Å². The molecule has 2 aromatic rings. The van der Waals surface area contributed by atoms with Crippen molar-refractivity contribution >= 4 is 38.8 Å². The zero-order chi connectivity index (χ0) is 10.1. The molecule has 4 heteroatoms. The minimum atomic E-state index is 0.441. The van der Waals surface area contributed by atoms with Gasteiger partial charge in [-0.05, 0) is 32.0 Å². The number of benzene rings is 1. The normalized spacial score (nSPS) is 11.1. The minimum Gasteiger partial charge on any atom is -0.383 e. The van der Waals surface area contributed by atoms with Gasteiger partial charge in [-0.15, -0.1) is 11.3 Å². The van der Waals surface area contributed by atoms with Crippen molar-refractivity contribution < 1.29 is 0 Å². The Morgan fingerprint density at radius 3 is 2.93 bits per heavy atom. The van der Waals surface area contributed by atoms with Gasteiger partial charge in [0.05, 0.1) is 10.2 Å². The molecule has 0 saturated heterocycles. The standard InChI is InChI=1S/C10H11ClN2S/c1-6(2)12-7-3-4-8-9(5-7)14-10(11)13-8/h3-6,12H,1-2H3. The molecule has 0 aliphatic rings. The first kappa shape index (κ1) is 9.74. The van der Waals surface area contributed by atoms with E-state index in [0.717, 1.165) is 15.9 Å². The SMILES string of the molecule is CC(C)Nc1ccc2nc(Cl)sc2c1. The zero-order valence-corrected chi connectivity index (χ0v) is 9.62. The molecular formula is C10H11ClN2S. The van der Waals surface area contributed by atoms with Crippen LogP contribution in [-0.2, 0) is 0 Å². The third kappa shape index (κ3) is 1.99. The highest BCUT2D eigenvalue weighted by atomic mass is 35.5. The first-order valence-corrected chi connectivity index (χ1v) is 5.67. The molecule has 14 heavy (non-hydrogen) atoms. The van der Waals surface area contributed by atoms with Crippen molar-refractivity contribution in [2.24, 2.45) is 0 Å². The van der Waals surface area contributed by atoms with Gasteiger partial charge in [0.1, 0.15) is 0 Å². The van der Waals surface area contributed by atoms with Crippen molar-refractivity contribution in [2.75, 3.05) is 5.32 Å². The maximum absolute atomic E-state index is 5.83. The maximum Gasteiger partial charge on any atom is 0.184 e. The summed E-state index contributed by atoms with van der Waals surface area (Å²) in [6.45, 7) is 4.23. The quantitative estimate of drug-likeness (QED) is 0.843. The van der Waals surface area contributed by atoms with Crippen LogP contribution in [-0.4, -0.2) is 11.0 Å². The summed E-state index contributed by atoms with van der Waals surface area (Å²) < 4.78 is 1.72. The molecule has 2 nitrogen and oxygen atoms in total. The van der Waals surface area contributed by atoms with Crippen LogP contribution >= 0.6 is 22.9 Å². The van der Waals surface area contributed by atoms with E-state index in [1.165, 1.54) is 11.3 Å². The predicted molar refractivity (Wildman–Crippen MR) is 63.4 cm³/mol. The van der Waals surface area contributed by atoms with E-state index in [-0.39, 0.29) is 0 Å². The van der Waals surface area contributed by atoms with E-state index < -0.39 is 0 Å². The number of aromatic nitrogens is 1. The van der Waals surface area contributed by atoms with Gasteiger partial charge in [-0.25, -0.2) is 4.98 Å². The Kier molecular flexibility index (Phi) is 2.61. The van der Waals surface area contributed by atoms with Crippen molar-refractivity contribution in [3.05, 3.63) is 22.7 Å². The van der Waals surface area contributed by atoms with E-state index in [4.69, 9.17) is 11.6 Å². The molecule has 0 aliphatic carbocycles. The molecule has 0 amide bonds. The summed E-state index contributed by atoms with van der Waals surface area (Å²) in [6.07, 6.45) is 0. The van der Waals surface area contributed by atoms with Crippen LogP contribution in [0.15, 0.2) is 18.2 Å². The van der Waals surface area contributed by atoms with Crippen molar-refractivity contribution in [1.82, 2.24) is 4.98 Å². The van der Waals surface area contributed by atoms with Gasteiger partial charge in [-0.2, -0.15) is 0 Å². The van der Waals surface area contributed by atoms with Crippen LogP contribution in [0, 0.1) is 0 Å². The number of anilines is 1. The van der Waals surface area contributed by atoms with Crippen LogP contribution in [0.3, 0.4) is 0 Å². The Hall–Kier alpha value is -0.800. The van der Waals surface area contributed by atoms with Crippen molar-refractivity contribution in [1.29, 1.82) is 0 Å². The summed E-state index contributed by atoms with van der Waals surface area (Å²) >= 11 is 7.34. The van der Waals surface area contributed by atoms with E-state index in [9.17, 15) is 0 Å². The third-order valence-electron chi connectivity index (χ3n) is 1.82. The van der Waals surface area contributed by atoms with Gasteiger partial charge in [0.25, 0.3) is 0 Å². The summed E-state index contributed by atoms with van der Waals surface area (Å²) in [7, 11) is 0. The molecule has 1 N–H and O–H groups in total. The van der Waals surface area contributed by atoms with Crippen LogP contribution < -0.4 is 5.32 Å². The number of halogens is 1. The second-order valence-corrected chi connectivity index (χ2v) is 5.06. The second kappa shape index (κ2) is 3.75. The van der Waals surface area contributed by atoms with Gasteiger partial charge in [-0.3, -0.25) is 0 Å². The molecule has 0 spiro atoms. The van der Waals surface area contributed by atoms with E-state index in [1.807, 2.05) is 12.1 Å². The summed E-state index contributed by atoms with van der Waals surface area (Å²) in [5.74, 6) is 0. The molecule has 0 atom stereocenters. The highest BCUT2D eigenvalue weighted by Gasteiger charge is 2.02. The molecule has 1 heterocycles. The largest absolute Gasteiger partial charge is 0.383 e. The predicted octanol–water partition coefficient (Wildman–Crippen LogP) is 3.77. The maximum atomic E-state index is 5.83. The van der Waals surface area contributed by atoms with Gasteiger partial charge < -0.3 is 5.32 Å². The van der Waals surface area contributed by atoms with E-state index in [2.05, 4.69) is 30.2 Å². The molecule has 0 bridgehead atoms. The van der Waals surface area contributed by atoms with Crippen LogP contribution in [0.2, 0.25) is 4.47 Å². The topological polar surface area (TPSA) is 24.9 Å². The fourth-order valence-electron chi connectivity index (χ4n) is 1.32. The smallest absolute Gasteiger partial charge is 0.184 e. The Bertz CT molecular complexity index is 450. The van der Waals surface area contributed by atoms with Crippen LogP contribution in [0.4, 0.5) is 5.69 Å². The number of nitrogens with one attached hydrogen (secondary N) is 1. The fraction of sp³-hybridized carbons (Fsp3) is 0.300. The number of thiazole rings is 1. The highest BCUT2D eigenvalue weighted by Crippen LogP contribution is 2.28.